The first-order valence-corrected chi connectivity index (χ1v) is 4.95. The molecule has 0 aromatic rings. The Kier molecular flexibility index (Phi) is 4.58. The highest BCUT2D eigenvalue weighted by atomic mass is 16.6. The van der Waals surface area contributed by atoms with E-state index in [0.29, 0.717) is 0 Å². The molecule has 88 valence electrons. The number of hydrogen-bond donors (Lipinski definition) is 2. The minimum atomic E-state index is -0.898. The lowest BCUT2D eigenvalue weighted by Gasteiger charge is -2.29. The van der Waals surface area contributed by atoms with E-state index in [1.165, 1.54) is 0 Å². The minimum absolute atomic E-state index is 0.00261. The normalized spacial score (nSPS) is 13.5. The second kappa shape index (κ2) is 5.00. The number of carbonyl (C=O) groups excluding carboxylic acids is 2. The first kappa shape index (κ1) is 13.7. The van der Waals surface area contributed by atoms with Crippen LogP contribution in [0.3, 0.4) is 0 Å². The third-order valence-electron chi connectivity index (χ3n) is 2.23. The summed E-state index contributed by atoms with van der Waals surface area (Å²) < 4.78 is 5.12. The van der Waals surface area contributed by atoms with Crippen molar-refractivity contribution in [3.05, 3.63) is 0 Å². The summed E-state index contributed by atoms with van der Waals surface area (Å²) in [5, 5.41) is 2.58. The fourth-order valence-corrected chi connectivity index (χ4v) is 0.935. The van der Waals surface area contributed by atoms with Gasteiger partial charge in [0.05, 0.1) is 5.92 Å². The van der Waals surface area contributed by atoms with E-state index in [2.05, 4.69) is 5.32 Å². The molecular weight excluding hydrogens is 196 g/mol. The molecule has 0 aliphatic rings. The Morgan fingerprint density at radius 3 is 2.07 bits per heavy atom. The fraction of sp³-hybridized carbons (Fsp3) is 0.800. The molecule has 0 saturated heterocycles. The number of rotatable bonds is 4. The van der Waals surface area contributed by atoms with E-state index in [-0.39, 0.29) is 6.04 Å². The first-order chi connectivity index (χ1) is 6.66. The summed E-state index contributed by atoms with van der Waals surface area (Å²) >= 11 is 0. The Labute approximate surface area is 90.4 Å². The van der Waals surface area contributed by atoms with Crippen LogP contribution < -0.4 is 11.1 Å². The van der Waals surface area contributed by atoms with Crippen LogP contribution in [0.2, 0.25) is 0 Å². The topological polar surface area (TPSA) is 81.4 Å². The predicted octanol–water partition coefficient (Wildman–Crippen LogP) is 1.02. The zero-order chi connectivity index (χ0) is 12.2. The molecular formula is C10H20N2O3. The van der Waals surface area contributed by atoms with Gasteiger partial charge < -0.3 is 15.8 Å². The molecule has 0 heterocycles. The van der Waals surface area contributed by atoms with Crippen LogP contribution in [0.4, 0.5) is 4.79 Å². The van der Waals surface area contributed by atoms with Crippen molar-refractivity contribution in [1.29, 1.82) is 0 Å². The average Bonchev–Trinajstić information content (AvgIpc) is 1.99. The monoisotopic (exact) mass is 216 g/mol. The van der Waals surface area contributed by atoms with E-state index in [9.17, 15) is 9.59 Å². The van der Waals surface area contributed by atoms with Gasteiger partial charge in [-0.25, -0.2) is 4.79 Å². The van der Waals surface area contributed by atoms with Gasteiger partial charge in [-0.2, -0.15) is 0 Å². The standard InChI is InChI=1S/C10H20N2O3/c1-6(2)12-9(14)15-10(4,5)7(3)8(11)13/h6-7H,1-5H3,(H2,11,13)(H,12,14). The Morgan fingerprint density at radius 1 is 1.27 bits per heavy atom. The number of primary amides is 1. The zero-order valence-electron chi connectivity index (χ0n) is 9.96. The van der Waals surface area contributed by atoms with Crippen LogP contribution in [0.15, 0.2) is 0 Å². The van der Waals surface area contributed by atoms with E-state index in [1.807, 2.05) is 13.8 Å². The highest BCUT2D eigenvalue weighted by Crippen LogP contribution is 2.20. The minimum Gasteiger partial charge on any atom is -0.443 e. The highest BCUT2D eigenvalue weighted by Gasteiger charge is 2.33. The molecule has 0 spiro atoms. The fourth-order valence-electron chi connectivity index (χ4n) is 0.935. The summed E-state index contributed by atoms with van der Waals surface area (Å²) in [4.78, 5) is 22.3. The molecule has 15 heavy (non-hydrogen) atoms. The second-order valence-corrected chi connectivity index (χ2v) is 4.42. The van der Waals surface area contributed by atoms with E-state index in [1.54, 1.807) is 20.8 Å². The molecule has 5 heteroatoms. The smallest absolute Gasteiger partial charge is 0.407 e. The van der Waals surface area contributed by atoms with Crippen LogP contribution in [-0.4, -0.2) is 23.6 Å². The molecule has 0 aromatic carbocycles. The molecule has 1 atom stereocenters. The molecule has 0 aromatic heterocycles. The SMILES string of the molecule is CC(C)NC(=O)OC(C)(C)C(C)C(N)=O. The zero-order valence-corrected chi connectivity index (χ0v) is 9.96. The molecule has 0 aliphatic carbocycles. The summed E-state index contributed by atoms with van der Waals surface area (Å²) in [6.07, 6.45) is -0.539. The first-order valence-electron chi connectivity index (χ1n) is 4.95. The molecule has 0 aliphatic heterocycles. The molecule has 0 fully saturated rings. The molecule has 0 radical (unpaired) electrons. The maximum Gasteiger partial charge on any atom is 0.407 e. The van der Waals surface area contributed by atoms with Gasteiger partial charge in [-0.1, -0.05) is 0 Å². The number of nitrogens with two attached hydrogens (primary N) is 1. The van der Waals surface area contributed by atoms with Gasteiger partial charge in [-0.05, 0) is 34.6 Å². The van der Waals surface area contributed by atoms with Crippen LogP contribution in [0.5, 0.6) is 0 Å². The van der Waals surface area contributed by atoms with E-state index >= 15 is 0 Å². The van der Waals surface area contributed by atoms with Crippen LogP contribution >= 0.6 is 0 Å². The van der Waals surface area contributed by atoms with Gasteiger partial charge in [-0.15, -0.1) is 0 Å². The molecule has 0 saturated carbocycles. The number of amides is 2. The Balaban J connectivity index is 4.37. The number of hydrogen-bond acceptors (Lipinski definition) is 3. The number of nitrogens with one attached hydrogen (secondary N) is 1. The molecule has 2 amide bonds. The summed E-state index contributed by atoms with van der Waals surface area (Å²) in [6.45, 7) is 8.59. The van der Waals surface area contributed by atoms with Gasteiger partial charge in [0.1, 0.15) is 5.60 Å². The summed E-state index contributed by atoms with van der Waals surface area (Å²) in [5.74, 6) is -1.02. The number of ether oxygens (including phenoxy) is 1. The molecule has 3 N–H and O–H groups in total. The van der Waals surface area contributed by atoms with Crippen molar-refractivity contribution in [2.75, 3.05) is 0 Å². The van der Waals surface area contributed by atoms with Gasteiger partial charge in [-0.3, -0.25) is 4.79 Å². The highest BCUT2D eigenvalue weighted by molar-refractivity contribution is 5.78. The van der Waals surface area contributed by atoms with Crippen molar-refractivity contribution < 1.29 is 14.3 Å². The van der Waals surface area contributed by atoms with Crippen molar-refractivity contribution in [3.63, 3.8) is 0 Å². The lowest BCUT2D eigenvalue weighted by Crippen LogP contribution is -2.45. The third-order valence-corrected chi connectivity index (χ3v) is 2.23. The number of carbonyl (C=O) groups is 2. The summed E-state index contributed by atoms with van der Waals surface area (Å²) in [6, 6.07) is -0.00261. The Morgan fingerprint density at radius 2 is 1.73 bits per heavy atom. The summed E-state index contributed by atoms with van der Waals surface area (Å²) in [7, 11) is 0. The lowest BCUT2D eigenvalue weighted by molar-refractivity contribution is -0.128. The van der Waals surface area contributed by atoms with Crippen molar-refractivity contribution in [2.45, 2.75) is 46.3 Å². The molecule has 1 unspecified atom stereocenters. The second-order valence-electron chi connectivity index (χ2n) is 4.42. The van der Waals surface area contributed by atoms with Gasteiger partial charge >= 0.3 is 6.09 Å². The van der Waals surface area contributed by atoms with Crippen LogP contribution in [0, 0.1) is 5.92 Å². The van der Waals surface area contributed by atoms with Crippen molar-refractivity contribution in [3.8, 4) is 0 Å². The average molecular weight is 216 g/mol. The van der Waals surface area contributed by atoms with E-state index in [4.69, 9.17) is 10.5 Å². The van der Waals surface area contributed by atoms with Gasteiger partial charge in [0.2, 0.25) is 5.91 Å². The van der Waals surface area contributed by atoms with Gasteiger partial charge in [0.25, 0.3) is 0 Å². The van der Waals surface area contributed by atoms with Crippen molar-refractivity contribution in [1.82, 2.24) is 5.32 Å². The summed E-state index contributed by atoms with van der Waals surface area (Å²) in [5.41, 5.74) is 4.25. The van der Waals surface area contributed by atoms with Crippen LogP contribution in [0.25, 0.3) is 0 Å². The van der Waals surface area contributed by atoms with E-state index < -0.39 is 23.5 Å². The van der Waals surface area contributed by atoms with Crippen LogP contribution in [-0.2, 0) is 9.53 Å². The molecule has 0 rings (SSSR count). The Bertz CT molecular complexity index is 249. The third kappa shape index (κ3) is 4.67. The Hall–Kier alpha value is -1.26. The molecule has 0 bridgehead atoms. The largest absolute Gasteiger partial charge is 0.443 e. The maximum absolute atomic E-state index is 11.3. The van der Waals surface area contributed by atoms with E-state index in [0.717, 1.165) is 0 Å². The van der Waals surface area contributed by atoms with Crippen molar-refractivity contribution >= 4 is 12.0 Å². The van der Waals surface area contributed by atoms with Crippen LogP contribution in [0.1, 0.15) is 34.6 Å². The maximum atomic E-state index is 11.3. The number of alkyl carbamates (subject to hydrolysis) is 1. The van der Waals surface area contributed by atoms with Gasteiger partial charge in [0.15, 0.2) is 0 Å². The quantitative estimate of drug-likeness (QED) is 0.736. The predicted molar refractivity (Wildman–Crippen MR) is 57.2 cm³/mol. The lowest BCUT2D eigenvalue weighted by atomic mass is 9.92. The molecule has 5 nitrogen and oxygen atoms in total. The van der Waals surface area contributed by atoms with Crippen molar-refractivity contribution in [2.24, 2.45) is 11.7 Å². The van der Waals surface area contributed by atoms with Gasteiger partial charge in [0, 0.05) is 6.04 Å².